The monoisotopic (exact) mass is 345 g/mol. The Labute approximate surface area is 143 Å². The van der Waals surface area contributed by atoms with Gasteiger partial charge in [0.1, 0.15) is 17.4 Å². The van der Waals surface area contributed by atoms with Crippen molar-refractivity contribution in [2.75, 3.05) is 11.4 Å². The molecular formula is C19H17F2NO3. The summed E-state index contributed by atoms with van der Waals surface area (Å²) >= 11 is 0. The van der Waals surface area contributed by atoms with Crippen LogP contribution in [0.1, 0.15) is 57.1 Å². The lowest BCUT2D eigenvalue weighted by Crippen LogP contribution is -2.36. The number of fused-ring (bicyclic) bond motifs is 2. The number of rotatable bonds is 1. The molecule has 0 N–H and O–H groups in total. The smallest absolute Gasteiger partial charge is 0.294 e. The first kappa shape index (κ1) is 16.0. The van der Waals surface area contributed by atoms with E-state index in [-0.39, 0.29) is 17.2 Å². The molecule has 0 saturated heterocycles. The van der Waals surface area contributed by atoms with Crippen LogP contribution in [0.2, 0.25) is 0 Å². The molecule has 0 bridgehead atoms. The second-order valence-electron chi connectivity index (χ2n) is 6.58. The molecule has 0 unspecified atom stereocenters. The molecule has 4 nitrogen and oxygen atoms in total. The van der Waals surface area contributed by atoms with Gasteiger partial charge >= 0.3 is 0 Å². The third-order valence-electron chi connectivity index (χ3n) is 4.98. The molecule has 1 aliphatic carbocycles. The van der Waals surface area contributed by atoms with Crippen molar-refractivity contribution in [1.29, 1.82) is 0 Å². The Hall–Kier alpha value is -2.50. The fourth-order valence-electron chi connectivity index (χ4n) is 3.80. The van der Waals surface area contributed by atoms with Gasteiger partial charge in [-0.25, -0.2) is 8.78 Å². The number of carbonyl (C=O) groups is 2. The standard InChI is InChI=1S/C19H17F2NO3/c1-10-17-15(23)5-2-6-16(17)25-18(10)19(24)22-7-3-4-12-13(21)8-11(20)9-14(12)22/h8-9H,2-7H2,1H3. The third-order valence-corrected chi connectivity index (χ3v) is 4.98. The topological polar surface area (TPSA) is 50.5 Å². The molecular weight excluding hydrogens is 328 g/mol. The second-order valence-corrected chi connectivity index (χ2v) is 6.58. The molecule has 2 heterocycles. The van der Waals surface area contributed by atoms with Crippen molar-refractivity contribution in [1.82, 2.24) is 0 Å². The predicted octanol–water partition coefficient (Wildman–Crippen LogP) is 3.98. The Kier molecular flexibility index (Phi) is 3.71. The van der Waals surface area contributed by atoms with Gasteiger partial charge in [0.25, 0.3) is 5.91 Å². The first-order valence-electron chi connectivity index (χ1n) is 8.42. The van der Waals surface area contributed by atoms with E-state index < -0.39 is 17.5 Å². The summed E-state index contributed by atoms with van der Waals surface area (Å²) < 4.78 is 33.4. The number of carbonyl (C=O) groups excluding carboxylic acids is 2. The SMILES string of the molecule is Cc1c(C(=O)N2CCCc3c(F)cc(F)cc32)oc2c1C(=O)CCC2. The van der Waals surface area contributed by atoms with Gasteiger partial charge < -0.3 is 9.32 Å². The van der Waals surface area contributed by atoms with Crippen molar-refractivity contribution in [2.24, 2.45) is 0 Å². The number of hydrogen-bond donors (Lipinski definition) is 0. The largest absolute Gasteiger partial charge is 0.455 e. The first-order chi connectivity index (χ1) is 12.0. The molecule has 0 spiro atoms. The summed E-state index contributed by atoms with van der Waals surface area (Å²) in [6, 6.07) is 2.02. The van der Waals surface area contributed by atoms with Crippen LogP contribution >= 0.6 is 0 Å². The minimum absolute atomic E-state index is 0.0160. The average Bonchev–Trinajstić information content (AvgIpc) is 2.92. The van der Waals surface area contributed by atoms with Gasteiger partial charge in [-0.05, 0) is 32.3 Å². The van der Waals surface area contributed by atoms with Crippen molar-refractivity contribution in [3.05, 3.63) is 52.0 Å². The molecule has 1 aromatic carbocycles. The molecule has 2 aromatic rings. The third kappa shape index (κ3) is 2.47. The summed E-state index contributed by atoms with van der Waals surface area (Å²) in [6.07, 6.45) is 2.81. The van der Waals surface area contributed by atoms with Crippen molar-refractivity contribution in [2.45, 2.75) is 39.0 Å². The van der Waals surface area contributed by atoms with Crippen LogP contribution in [0.4, 0.5) is 14.5 Å². The van der Waals surface area contributed by atoms with Gasteiger partial charge in [0, 0.05) is 36.6 Å². The van der Waals surface area contributed by atoms with Crippen LogP contribution in [0.25, 0.3) is 0 Å². The number of Topliss-reactive ketones (excluding diaryl/α,β-unsaturated/α-hetero) is 1. The van der Waals surface area contributed by atoms with Crippen molar-refractivity contribution >= 4 is 17.4 Å². The van der Waals surface area contributed by atoms with Crippen LogP contribution in [0, 0.1) is 18.6 Å². The maximum absolute atomic E-state index is 14.0. The number of benzene rings is 1. The van der Waals surface area contributed by atoms with E-state index >= 15 is 0 Å². The van der Waals surface area contributed by atoms with Crippen LogP contribution in [-0.4, -0.2) is 18.2 Å². The van der Waals surface area contributed by atoms with Crippen LogP contribution in [0.3, 0.4) is 0 Å². The number of amides is 1. The molecule has 4 rings (SSSR count). The lowest BCUT2D eigenvalue weighted by Gasteiger charge is -2.29. The lowest BCUT2D eigenvalue weighted by atomic mass is 9.93. The van der Waals surface area contributed by atoms with Gasteiger partial charge in [-0.1, -0.05) is 0 Å². The number of nitrogens with zero attached hydrogens (tertiary/aromatic N) is 1. The van der Waals surface area contributed by atoms with Gasteiger partial charge in [-0.2, -0.15) is 0 Å². The zero-order valence-corrected chi connectivity index (χ0v) is 13.8. The van der Waals surface area contributed by atoms with E-state index in [9.17, 15) is 18.4 Å². The summed E-state index contributed by atoms with van der Waals surface area (Å²) in [5.41, 5.74) is 1.60. The predicted molar refractivity (Wildman–Crippen MR) is 87.1 cm³/mol. The number of hydrogen-bond acceptors (Lipinski definition) is 3. The van der Waals surface area contributed by atoms with Crippen molar-refractivity contribution in [3.8, 4) is 0 Å². The maximum Gasteiger partial charge on any atom is 0.294 e. The Morgan fingerprint density at radius 2 is 1.96 bits per heavy atom. The summed E-state index contributed by atoms with van der Waals surface area (Å²) in [5.74, 6) is -1.19. The fraction of sp³-hybridized carbons (Fsp3) is 0.368. The van der Waals surface area contributed by atoms with Crippen molar-refractivity contribution in [3.63, 3.8) is 0 Å². The Balaban J connectivity index is 1.78. The number of anilines is 1. The molecule has 2 aliphatic rings. The second kappa shape index (κ2) is 5.79. The quantitative estimate of drug-likeness (QED) is 0.786. The minimum Gasteiger partial charge on any atom is -0.455 e. The summed E-state index contributed by atoms with van der Waals surface area (Å²) in [4.78, 5) is 26.5. The minimum atomic E-state index is -0.721. The molecule has 130 valence electrons. The Bertz CT molecular complexity index is 901. The van der Waals surface area contributed by atoms with Crippen molar-refractivity contribution < 1.29 is 22.8 Å². The van der Waals surface area contributed by atoms with Crippen LogP contribution in [-0.2, 0) is 12.8 Å². The maximum atomic E-state index is 14.0. The molecule has 0 saturated carbocycles. The number of halogens is 2. The highest BCUT2D eigenvalue weighted by Crippen LogP contribution is 2.34. The van der Waals surface area contributed by atoms with Gasteiger partial charge in [0.15, 0.2) is 11.5 Å². The fourth-order valence-corrected chi connectivity index (χ4v) is 3.80. The van der Waals surface area contributed by atoms with Crippen LogP contribution in [0.15, 0.2) is 16.5 Å². The van der Waals surface area contributed by atoms with E-state index in [4.69, 9.17) is 4.42 Å². The highest BCUT2D eigenvalue weighted by molar-refractivity contribution is 6.09. The molecule has 0 fully saturated rings. The first-order valence-corrected chi connectivity index (χ1v) is 8.42. The number of furan rings is 1. The van der Waals surface area contributed by atoms with E-state index in [1.807, 2.05) is 0 Å². The van der Waals surface area contributed by atoms with Crippen LogP contribution in [0.5, 0.6) is 0 Å². The molecule has 1 aliphatic heterocycles. The van der Waals surface area contributed by atoms with Gasteiger partial charge in [0.2, 0.25) is 0 Å². The molecule has 0 radical (unpaired) electrons. The summed E-state index contributed by atoms with van der Waals surface area (Å²) in [6.45, 7) is 2.04. The van der Waals surface area contributed by atoms with Crippen LogP contribution < -0.4 is 4.90 Å². The van der Waals surface area contributed by atoms with Gasteiger partial charge in [0.05, 0.1) is 11.3 Å². The van der Waals surface area contributed by atoms with E-state index in [2.05, 4.69) is 0 Å². The zero-order chi connectivity index (χ0) is 17.7. The van der Waals surface area contributed by atoms with Gasteiger partial charge in [-0.3, -0.25) is 9.59 Å². The van der Waals surface area contributed by atoms with E-state index in [1.165, 1.54) is 11.0 Å². The number of aryl methyl sites for hydroxylation is 1. The normalized spacial score (nSPS) is 16.6. The highest BCUT2D eigenvalue weighted by atomic mass is 19.1. The molecule has 1 amide bonds. The highest BCUT2D eigenvalue weighted by Gasteiger charge is 2.33. The lowest BCUT2D eigenvalue weighted by molar-refractivity contribution is 0.0947. The van der Waals surface area contributed by atoms with E-state index in [1.54, 1.807) is 6.92 Å². The average molecular weight is 345 g/mol. The Morgan fingerprint density at radius 1 is 1.16 bits per heavy atom. The van der Waals surface area contributed by atoms with E-state index in [0.717, 1.165) is 6.07 Å². The zero-order valence-electron chi connectivity index (χ0n) is 13.8. The molecule has 6 heteroatoms. The summed E-state index contributed by atoms with van der Waals surface area (Å²) in [5, 5.41) is 0. The van der Waals surface area contributed by atoms with E-state index in [0.29, 0.717) is 61.1 Å². The molecule has 25 heavy (non-hydrogen) atoms. The Morgan fingerprint density at radius 3 is 2.72 bits per heavy atom. The molecule has 0 atom stereocenters. The summed E-state index contributed by atoms with van der Waals surface area (Å²) in [7, 11) is 0. The molecule has 1 aromatic heterocycles. The van der Waals surface area contributed by atoms with Gasteiger partial charge in [-0.15, -0.1) is 0 Å². The number of ketones is 1.